The number of fused-ring (bicyclic) bond motifs is 2. The molecule has 30 heavy (non-hydrogen) atoms. The van der Waals surface area contributed by atoms with Crippen LogP contribution in [0.5, 0.6) is 0 Å². The molecule has 1 atom stereocenters. The third kappa shape index (κ3) is 4.59. The van der Waals surface area contributed by atoms with Crippen molar-refractivity contribution >= 4 is 21.9 Å². The molecule has 3 N–H and O–H groups in total. The Hall–Kier alpha value is -2.19. The van der Waals surface area contributed by atoms with E-state index in [-0.39, 0.29) is 24.9 Å². The van der Waals surface area contributed by atoms with Gasteiger partial charge in [-0.15, -0.1) is 0 Å². The molecule has 0 aliphatic heterocycles. The van der Waals surface area contributed by atoms with Crippen LogP contribution in [0.4, 0.5) is 0 Å². The molecule has 7 heteroatoms. The molecule has 0 amide bonds. The van der Waals surface area contributed by atoms with Crippen LogP contribution in [0.15, 0.2) is 25.8 Å². The maximum absolute atomic E-state index is 11.8. The molecule has 0 fully saturated rings. The number of aryl methyl sites for hydroxylation is 3. The minimum absolute atomic E-state index is 0.0866. The first-order valence-electron chi connectivity index (χ1n) is 10.5. The van der Waals surface area contributed by atoms with Gasteiger partial charge in [-0.3, -0.25) is 4.90 Å². The van der Waals surface area contributed by atoms with Crippen molar-refractivity contribution in [2.75, 3.05) is 32.8 Å². The van der Waals surface area contributed by atoms with Gasteiger partial charge in [-0.2, -0.15) is 0 Å². The van der Waals surface area contributed by atoms with E-state index in [1.54, 1.807) is 0 Å². The average molecular weight is 417 g/mol. The SMILES string of the molecule is Cc1cc(=O)oc2c(C)c3oc(CNCCC(C)N(CCO)CCO)c(C)c3cc12. The van der Waals surface area contributed by atoms with Gasteiger partial charge >= 0.3 is 5.63 Å². The summed E-state index contributed by atoms with van der Waals surface area (Å²) in [5.74, 6) is 0.874. The van der Waals surface area contributed by atoms with E-state index in [4.69, 9.17) is 8.83 Å². The largest absolute Gasteiger partial charge is 0.459 e. The summed E-state index contributed by atoms with van der Waals surface area (Å²) in [5, 5.41) is 23.8. The summed E-state index contributed by atoms with van der Waals surface area (Å²) in [7, 11) is 0. The summed E-state index contributed by atoms with van der Waals surface area (Å²) in [6.45, 7) is 10.7. The standard InChI is InChI=1S/C23H32N2O5/c1-14-11-21(28)30-22-17(4)23-19(12-18(14)22)16(3)20(29-23)13-24-6-5-15(2)25(7-9-26)8-10-27/h11-12,15,24,26-27H,5-10,13H2,1-4H3. The van der Waals surface area contributed by atoms with Crippen molar-refractivity contribution in [2.45, 2.75) is 46.7 Å². The molecule has 2 aromatic heterocycles. The Morgan fingerprint density at radius 2 is 1.67 bits per heavy atom. The third-order valence-corrected chi connectivity index (χ3v) is 5.89. The van der Waals surface area contributed by atoms with Gasteiger partial charge < -0.3 is 24.4 Å². The Balaban J connectivity index is 1.73. The van der Waals surface area contributed by atoms with E-state index in [2.05, 4.69) is 24.1 Å². The lowest BCUT2D eigenvalue weighted by molar-refractivity contribution is 0.124. The number of aliphatic hydroxyl groups is 2. The average Bonchev–Trinajstić information content (AvgIpc) is 3.02. The molecule has 0 saturated carbocycles. The molecule has 3 aromatic rings. The van der Waals surface area contributed by atoms with E-state index in [0.717, 1.165) is 51.8 Å². The second-order valence-corrected chi connectivity index (χ2v) is 7.95. The number of hydrogen-bond donors (Lipinski definition) is 3. The molecule has 0 aliphatic rings. The highest BCUT2D eigenvalue weighted by molar-refractivity contribution is 5.99. The van der Waals surface area contributed by atoms with Crippen LogP contribution in [0.3, 0.4) is 0 Å². The van der Waals surface area contributed by atoms with Gasteiger partial charge in [0.15, 0.2) is 0 Å². The summed E-state index contributed by atoms with van der Waals surface area (Å²) in [5.41, 5.74) is 3.82. The highest BCUT2D eigenvalue weighted by Crippen LogP contribution is 2.34. The molecule has 0 bridgehead atoms. The van der Waals surface area contributed by atoms with Crippen molar-refractivity contribution in [3.8, 4) is 0 Å². The zero-order valence-electron chi connectivity index (χ0n) is 18.2. The fraction of sp³-hybridized carbons (Fsp3) is 0.522. The molecule has 0 spiro atoms. The Labute approximate surface area is 176 Å². The predicted octanol–water partition coefficient (Wildman–Crippen LogP) is 2.62. The van der Waals surface area contributed by atoms with E-state index < -0.39 is 0 Å². The molecule has 1 aromatic carbocycles. The lowest BCUT2D eigenvalue weighted by Gasteiger charge is -2.27. The van der Waals surface area contributed by atoms with Crippen molar-refractivity contribution in [2.24, 2.45) is 0 Å². The van der Waals surface area contributed by atoms with E-state index in [1.165, 1.54) is 6.07 Å². The van der Waals surface area contributed by atoms with Crippen molar-refractivity contribution in [3.05, 3.63) is 45.0 Å². The summed E-state index contributed by atoms with van der Waals surface area (Å²) >= 11 is 0. The molecule has 1 unspecified atom stereocenters. The summed E-state index contributed by atoms with van der Waals surface area (Å²) in [6.07, 6.45) is 0.895. The molecular formula is C23H32N2O5. The van der Waals surface area contributed by atoms with E-state index in [1.807, 2.05) is 19.9 Å². The van der Waals surface area contributed by atoms with E-state index in [0.29, 0.717) is 25.2 Å². The maximum atomic E-state index is 11.8. The Morgan fingerprint density at radius 1 is 1.00 bits per heavy atom. The van der Waals surface area contributed by atoms with Crippen LogP contribution in [0, 0.1) is 20.8 Å². The third-order valence-electron chi connectivity index (χ3n) is 5.89. The minimum atomic E-state index is -0.349. The first-order chi connectivity index (χ1) is 14.4. The van der Waals surface area contributed by atoms with Crippen LogP contribution in [0.25, 0.3) is 21.9 Å². The molecule has 0 radical (unpaired) electrons. The van der Waals surface area contributed by atoms with E-state index >= 15 is 0 Å². The fourth-order valence-electron chi connectivity index (χ4n) is 4.03. The normalized spacial score (nSPS) is 13.0. The van der Waals surface area contributed by atoms with Gasteiger partial charge in [-0.05, 0) is 57.9 Å². The second kappa shape index (κ2) is 9.75. The highest BCUT2D eigenvalue weighted by atomic mass is 16.4. The smallest absolute Gasteiger partial charge is 0.336 e. The number of hydrogen-bond acceptors (Lipinski definition) is 7. The summed E-state index contributed by atoms with van der Waals surface area (Å²) in [4.78, 5) is 13.9. The molecular weight excluding hydrogens is 384 g/mol. The summed E-state index contributed by atoms with van der Waals surface area (Å²) in [6, 6.07) is 3.82. The quantitative estimate of drug-likeness (QED) is 0.345. The van der Waals surface area contributed by atoms with Crippen molar-refractivity contribution in [1.29, 1.82) is 0 Å². The minimum Gasteiger partial charge on any atom is -0.459 e. The van der Waals surface area contributed by atoms with Crippen molar-refractivity contribution in [1.82, 2.24) is 10.2 Å². The topological polar surface area (TPSA) is 99.1 Å². The van der Waals surface area contributed by atoms with Crippen LogP contribution in [0.1, 0.15) is 35.8 Å². The molecule has 0 saturated heterocycles. The van der Waals surface area contributed by atoms with Gasteiger partial charge in [0.1, 0.15) is 16.9 Å². The first-order valence-corrected chi connectivity index (χ1v) is 10.5. The van der Waals surface area contributed by atoms with Gasteiger partial charge in [-0.25, -0.2) is 4.79 Å². The molecule has 2 heterocycles. The molecule has 3 rings (SSSR count). The van der Waals surface area contributed by atoms with Gasteiger partial charge in [0, 0.05) is 41.5 Å². The number of furan rings is 1. The van der Waals surface area contributed by atoms with Crippen LogP contribution in [-0.2, 0) is 6.54 Å². The van der Waals surface area contributed by atoms with Gasteiger partial charge in [0.05, 0.1) is 19.8 Å². The van der Waals surface area contributed by atoms with Crippen molar-refractivity contribution < 1.29 is 19.0 Å². The Morgan fingerprint density at radius 3 is 2.33 bits per heavy atom. The predicted molar refractivity (Wildman–Crippen MR) is 118 cm³/mol. The van der Waals surface area contributed by atoms with Crippen molar-refractivity contribution in [3.63, 3.8) is 0 Å². The number of rotatable bonds is 10. The van der Waals surface area contributed by atoms with Crippen LogP contribution in [0.2, 0.25) is 0 Å². The van der Waals surface area contributed by atoms with Crippen LogP contribution in [-0.4, -0.2) is 54.0 Å². The molecule has 0 aliphatic carbocycles. The number of nitrogens with one attached hydrogen (secondary N) is 1. The lowest BCUT2D eigenvalue weighted by atomic mass is 10.0. The summed E-state index contributed by atoms with van der Waals surface area (Å²) < 4.78 is 11.6. The van der Waals surface area contributed by atoms with Gasteiger partial charge in [0.2, 0.25) is 0 Å². The maximum Gasteiger partial charge on any atom is 0.336 e. The molecule has 164 valence electrons. The second-order valence-electron chi connectivity index (χ2n) is 7.95. The van der Waals surface area contributed by atoms with Gasteiger partial charge in [0.25, 0.3) is 0 Å². The van der Waals surface area contributed by atoms with Crippen LogP contribution >= 0.6 is 0 Å². The molecule has 7 nitrogen and oxygen atoms in total. The number of nitrogens with zero attached hydrogens (tertiary/aromatic N) is 1. The Bertz CT molecular complexity index is 1060. The zero-order valence-corrected chi connectivity index (χ0v) is 18.2. The Kier molecular flexibility index (Phi) is 7.31. The van der Waals surface area contributed by atoms with E-state index in [9.17, 15) is 15.0 Å². The number of aliphatic hydroxyl groups excluding tert-OH is 2. The zero-order chi connectivity index (χ0) is 21.8. The van der Waals surface area contributed by atoms with Crippen LogP contribution < -0.4 is 10.9 Å². The number of benzene rings is 1. The highest BCUT2D eigenvalue weighted by Gasteiger charge is 2.17. The van der Waals surface area contributed by atoms with Gasteiger partial charge in [-0.1, -0.05) is 0 Å². The first kappa shape index (κ1) is 22.5. The monoisotopic (exact) mass is 416 g/mol. The lowest BCUT2D eigenvalue weighted by Crippen LogP contribution is -2.39. The fourth-order valence-corrected chi connectivity index (χ4v) is 4.03.